The lowest BCUT2D eigenvalue weighted by Crippen LogP contribution is -2.62. The van der Waals surface area contributed by atoms with Crippen molar-refractivity contribution < 1.29 is 4.79 Å². The van der Waals surface area contributed by atoms with E-state index in [0.29, 0.717) is 12.5 Å². The Morgan fingerprint density at radius 3 is 2.65 bits per heavy atom. The molecule has 0 saturated carbocycles. The smallest absolute Gasteiger partial charge is 0.223 e. The van der Waals surface area contributed by atoms with Crippen molar-refractivity contribution in [3.63, 3.8) is 0 Å². The topological polar surface area (TPSA) is 48.5 Å². The van der Waals surface area contributed by atoms with Crippen molar-refractivity contribution in [1.29, 1.82) is 0 Å². The van der Waals surface area contributed by atoms with Crippen LogP contribution in [0.3, 0.4) is 0 Å². The first-order chi connectivity index (χ1) is 9.83. The highest BCUT2D eigenvalue weighted by Crippen LogP contribution is 2.11. The minimum atomic E-state index is 0.266. The quantitative estimate of drug-likeness (QED) is 0.848. The van der Waals surface area contributed by atoms with Crippen LogP contribution in [0, 0.1) is 0 Å². The highest BCUT2D eigenvalue weighted by molar-refractivity contribution is 5.76. The highest BCUT2D eigenvalue weighted by Gasteiger charge is 2.28. The molecule has 1 N–H and O–H groups in total. The summed E-state index contributed by atoms with van der Waals surface area (Å²) in [6, 6.07) is 6.55. The number of pyridine rings is 1. The lowest BCUT2D eigenvalue weighted by molar-refractivity contribution is -0.133. The van der Waals surface area contributed by atoms with Gasteiger partial charge in [-0.1, -0.05) is 6.07 Å². The number of rotatable bonds is 4. The molecule has 1 amide bonds. The Kier molecular flexibility index (Phi) is 4.28. The summed E-state index contributed by atoms with van der Waals surface area (Å²) in [6.45, 7) is 5.99. The largest absolute Gasteiger partial charge is 0.340 e. The number of nitrogens with one attached hydrogen (secondary N) is 1. The van der Waals surface area contributed by atoms with Gasteiger partial charge in [-0.3, -0.25) is 14.7 Å². The predicted octanol–water partition coefficient (Wildman–Crippen LogP) is 0.130. The molecule has 0 atom stereocenters. The molecular weight excluding hydrogens is 252 g/mol. The fraction of sp³-hybridized carbons (Fsp3) is 0.600. The predicted molar refractivity (Wildman–Crippen MR) is 77.4 cm³/mol. The molecule has 3 heterocycles. The van der Waals surface area contributed by atoms with E-state index in [4.69, 9.17) is 0 Å². The van der Waals surface area contributed by atoms with Gasteiger partial charge in [-0.15, -0.1) is 0 Å². The van der Waals surface area contributed by atoms with Gasteiger partial charge in [0.1, 0.15) is 0 Å². The van der Waals surface area contributed by atoms with Crippen LogP contribution in [0.25, 0.3) is 0 Å². The van der Waals surface area contributed by atoms with Crippen LogP contribution >= 0.6 is 0 Å². The third-order valence-electron chi connectivity index (χ3n) is 4.26. The van der Waals surface area contributed by atoms with Gasteiger partial charge in [0.2, 0.25) is 5.91 Å². The van der Waals surface area contributed by atoms with E-state index in [-0.39, 0.29) is 5.91 Å². The van der Waals surface area contributed by atoms with E-state index >= 15 is 0 Å². The van der Waals surface area contributed by atoms with Gasteiger partial charge in [0.25, 0.3) is 0 Å². The first-order valence-corrected chi connectivity index (χ1v) is 7.45. The molecule has 0 spiro atoms. The molecule has 1 aromatic heterocycles. The van der Waals surface area contributed by atoms with E-state index < -0.39 is 0 Å². The second kappa shape index (κ2) is 6.33. The molecule has 3 rings (SSSR count). The summed E-state index contributed by atoms with van der Waals surface area (Å²) in [5.41, 5.74) is 1.00. The molecule has 0 aromatic carbocycles. The number of aryl methyl sites for hydroxylation is 1. The molecule has 2 saturated heterocycles. The molecule has 108 valence electrons. The number of carbonyl (C=O) groups is 1. The van der Waals surface area contributed by atoms with Gasteiger partial charge in [-0.2, -0.15) is 0 Å². The van der Waals surface area contributed by atoms with Gasteiger partial charge in [-0.05, 0) is 18.6 Å². The van der Waals surface area contributed by atoms with E-state index in [9.17, 15) is 4.79 Å². The van der Waals surface area contributed by atoms with Crippen molar-refractivity contribution in [2.24, 2.45) is 0 Å². The summed E-state index contributed by atoms with van der Waals surface area (Å²) in [5, 5.41) is 3.30. The van der Waals surface area contributed by atoms with Crippen LogP contribution in [-0.4, -0.2) is 66.0 Å². The normalized spacial score (nSPS) is 20.7. The zero-order valence-corrected chi connectivity index (χ0v) is 11.8. The van der Waals surface area contributed by atoms with Crippen molar-refractivity contribution >= 4 is 5.91 Å². The Bertz CT molecular complexity index is 438. The molecule has 20 heavy (non-hydrogen) atoms. The van der Waals surface area contributed by atoms with E-state index in [0.717, 1.165) is 51.4 Å². The molecule has 0 aliphatic carbocycles. The zero-order chi connectivity index (χ0) is 13.8. The number of hydrogen-bond donors (Lipinski definition) is 1. The van der Waals surface area contributed by atoms with Crippen molar-refractivity contribution in [1.82, 2.24) is 20.1 Å². The SMILES string of the molecule is O=C(CCc1ccccn1)N1CCN(C2CNC2)CC1. The van der Waals surface area contributed by atoms with Gasteiger partial charge in [0, 0.05) is 63.6 Å². The van der Waals surface area contributed by atoms with Crippen molar-refractivity contribution in [3.8, 4) is 0 Å². The molecule has 2 aliphatic rings. The molecule has 1 aromatic rings. The number of carbonyl (C=O) groups excluding carboxylic acids is 1. The molecule has 0 bridgehead atoms. The number of amides is 1. The average Bonchev–Trinajstić information content (AvgIpc) is 2.45. The third-order valence-corrected chi connectivity index (χ3v) is 4.26. The van der Waals surface area contributed by atoms with Gasteiger partial charge >= 0.3 is 0 Å². The molecule has 2 aliphatic heterocycles. The fourth-order valence-corrected chi connectivity index (χ4v) is 2.81. The van der Waals surface area contributed by atoms with E-state index in [1.165, 1.54) is 0 Å². The summed E-state index contributed by atoms with van der Waals surface area (Å²) >= 11 is 0. The summed E-state index contributed by atoms with van der Waals surface area (Å²) in [6.07, 6.45) is 3.10. The maximum Gasteiger partial charge on any atom is 0.223 e. The van der Waals surface area contributed by atoms with Crippen LogP contribution in [0.5, 0.6) is 0 Å². The summed E-state index contributed by atoms with van der Waals surface area (Å²) < 4.78 is 0. The third kappa shape index (κ3) is 3.16. The lowest BCUT2D eigenvalue weighted by Gasteiger charge is -2.43. The zero-order valence-electron chi connectivity index (χ0n) is 11.8. The van der Waals surface area contributed by atoms with Crippen LogP contribution in [0.2, 0.25) is 0 Å². The van der Waals surface area contributed by atoms with Crippen LogP contribution in [0.4, 0.5) is 0 Å². The maximum absolute atomic E-state index is 12.2. The Labute approximate surface area is 120 Å². The molecule has 5 heteroatoms. The summed E-state index contributed by atoms with van der Waals surface area (Å²) in [5.74, 6) is 0.266. The Morgan fingerprint density at radius 2 is 2.05 bits per heavy atom. The number of piperazine rings is 1. The van der Waals surface area contributed by atoms with Crippen molar-refractivity contribution in [2.45, 2.75) is 18.9 Å². The Morgan fingerprint density at radius 1 is 1.25 bits per heavy atom. The molecule has 0 radical (unpaired) electrons. The Hall–Kier alpha value is -1.46. The first kappa shape index (κ1) is 13.5. The standard InChI is InChI=1S/C15H22N4O/c20-15(5-4-13-3-1-2-6-17-13)19-9-7-18(8-10-19)14-11-16-12-14/h1-3,6,14,16H,4-5,7-12H2. The molecule has 0 unspecified atom stereocenters. The summed E-state index contributed by atoms with van der Waals surface area (Å²) in [7, 11) is 0. The second-order valence-electron chi connectivity index (χ2n) is 5.55. The van der Waals surface area contributed by atoms with Gasteiger partial charge < -0.3 is 10.2 Å². The maximum atomic E-state index is 12.2. The number of aromatic nitrogens is 1. The monoisotopic (exact) mass is 274 g/mol. The van der Waals surface area contributed by atoms with Gasteiger partial charge in [0.05, 0.1) is 0 Å². The van der Waals surface area contributed by atoms with Crippen LogP contribution in [0.15, 0.2) is 24.4 Å². The van der Waals surface area contributed by atoms with E-state index in [2.05, 4.69) is 15.2 Å². The van der Waals surface area contributed by atoms with E-state index in [1.807, 2.05) is 23.1 Å². The van der Waals surface area contributed by atoms with Crippen molar-refractivity contribution in [3.05, 3.63) is 30.1 Å². The van der Waals surface area contributed by atoms with Crippen LogP contribution in [-0.2, 0) is 11.2 Å². The van der Waals surface area contributed by atoms with Crippen LogP contribution in [0.1, 0.15) is 12.1 Å². The van der Waals surface area contributed by atoms with Crippen LogP contribution < -0.4 is 5.32 Å². The minimum Gasteiger partial charge on any atom is -0.340 e. The van der Waals surface area contributed by atoms with Crippen molar-refractivity contribution in [2.75, 3.05) is 39.3 Å². The average molecular weight is 274 g/mol. The Balaban J connectivity index is 1.42. The summed E-state index contributed by atoms with van der Waals surface area (Å²) in [4.78, 5) is 21.0. The van der Waals surface area contributed by atoms with E-state index in [1.54, 1.807) is 6.20 Å². The molecule has 2 fully saturated rings. The van der Waals surface area contributed by atoms with Gasteiger partial charge in [-0.25, -0.2) is 0 Å². The minimum absolute atomic E-state index is 0.266. The first-order valence-electron chi connectivity index (χ1n) is 7.45. The highest BCUT2D eigenvalue weighted by atomic mass is 16.2. The number of nitrogens with zero attached hydrogens (tertiary/aromatic N) is 3. The van der Waals surface area contributed by atoms with Gasteiger partial charge in [0.15, 0.2) is 0 Å². The molecule has 5 nitrogen and oxygen atoms in total. The lowest BCUT2D eigenvalue weighted by atomic mass is 10.1. The molecular formula is C15H22N4O. The fourth-order valence-electron chi connectivity index (χ4n) is 2.81. The number of hydrogen-bond acceptors (Lipinski definition) is 4. The second-order valence-corrected chi connectivity index (χ2v) is 5.55.